The van der Waals surface area contributed by atoms with E-state index >= 15 is 0 Å². The van der Waals surface area contributed by atoms with Gasteiger partial charge in [0.15, 0.2) is 0 Å². The van der Waals surface area contributed by atoms with Crippen LogP contribution in [0.2, 0.25) is 0 Å². The Kier molecular flexibility index (Phi) is 3.72. The maximum atomic E-state index is 12.4. The number of imidazole rings is 1. The smallest absolute Gasteiger partial charge is 0.221 e. The highest BCUT2D eigenvalue weighted by atomic mass is 19.1. The number of hydrogen-bond acceptors (Lipinski definition) is 3. The lowest BCUT2D eigenvalue weighted by atomic mass is 10.1. The highest BCUT2D eigenvalue weighted by Gasteiger charge is 2.01. The van der Waals surface area contributed by atoms with Gasteiger partial charge in [0.2, 0.25) is 5.95 Å². The third-order valence-corrected chi connectivity index (χ3v) is 2.57. The number of nitrogens with zero attached hydrogens (tertiary/aromatic N) is 3. The van der Waals surface area contributed by atoms with Crippen LogP contribution in [0.5, 0.6) is 0 Å². The number of nitrogen functional groups attached to an aromatic ring is 1. The third kappa shape index (κ3) is 2.74. The van der Waals surface area contributed by atoms with Crippen LogP contribution in [0.4, 0.5) is 10.3 Å². The van der Waals surface area contributed by atoms with Gasteiger partial charge >= 0.3 is 0 Å². The maximum absolute atomic E-state index is 12.4. The Balaban J connectivity index is 2.25. The second-order valence-electron chi connectivity index (χ2n) is 3.97. The second kappa shape index (κ2) is 5.44. The zero-order valence-corrected chi connectivity index (χ0v) is 10.2. The number of rotatable bonds is 4. The summed E-state index contributed by atoms with van der Waals surface area (Å²) in [4.78, 5) is 4.05. The topological polar surface area (TPSA) is 56.2 Å². The van der Waals surface area contributed by atoms with Gasteiger partial charge < -0.3 is 5.73 Å². The molecule has 1 aromatic heterocycles. The molecular formula is C13H15FN4. The van der Waals surface area contributed by atoms with Gasteiger partial charge in [0.05, 0.1) is 24.8 Å². The molecule has 0 aliphatic heterocycles. The third-order valence-electron chi connectivity index (χ3n) is 2.57. The predicted molar refractivity (Wildman–Crippen MR) is 70.5 cm³/mol. The summed E-state index contributed by atoms with van der Waals surface area (Å²) in [7, 11) is 0. The molecule has 0 saturated carbocycles. The molecule has 0 saturated heterocycles. The van der Waals surface area contributed by atoms with Crippen molar-refractivity contribution in [3.8, 4) is 0 Å². The summed E-state index contributed by atoms with van der Waals surface area (Å²) in [5.41, 5.74) is 8.31. The Hall–Kier alpha value is -2.17. The fraction of sp³-hybridized carbons (Fsp3) is 0.231. The van der Waals surface area contributed by atoms with Crippen molar-refractivity contribution in [3.63, 3.8) is 0 Å². The van der Waals surface area contributed by atoms with Crippen LogP contribution in [0.25, 0.3) is 0 Å². The summed E-state index contributed by atoms with van der Waals surface area (Å²) in [6.07, 6.45) is 3.80. The lowest BCUT2D eigenvalue weighted by Crippen LogP contribution is -1.99. The molecule has 0 fully saturated rings. The van der Waals surface area contributed by atoms with E-state index in [0.717, 1.165) is 16.8 Å². The van der Waals surface area contributed by atoms with E-state index < -0.39 is 0 Å². The first-order chi connectivity index (χ1) is 8.70. The van der Waals surface area contributed by atoms with E-state index in [1.165, 1.54) is 4.68 Å². The largest absolute Gasteiger partial charge is 0.368 e. The molecule has 0 unspecified atom stereocenters. The van der Waals surface area contributed by atoms with E-state index in [0.29, 0.717) is 12.4 Å². The average Bonchev–Trinajstić information content (AvgIpc) is 2.67. The molecule has 0 spiro atoms. The first-order valence-corrected chi connectivity index (χ1v) is 5.70. The zero-order chi connectivity index (χ0) is 13.0. The molecule has 5 heteroatoms. The summed E-state index contributed by atoms with van der Waals surface area (Å²) < 4.78 is 13.9. The predicted octanol–water partition coefficient (Wildman–Crippen LogP) is 2.17. The fourth-order valence-electron chi connectivity index (χ4n) is 1.71. The van der Waals surface area contributed by atoms with Gasteiger partial charge in [-0.25, -0.2) is 9.66 Å². The molecule has 1 heterocycles. The van der Waals surface area contributed by atoms with Gasteiger partial charge in [-0.05, 0) is 18.1 Å². The van der Waals surface area contributed by atoms with Crippen molar-refractivity contribution in [2.45, 2.75) is 13.3 Å². The molecule has 0 aliphatic carbocycles. The molecule has 0 amide bonds. The Morgan fingerprint density at radius 2 is 2.22 bits per heavy atom. The van der Waals surface area contributed by atoms with Crippen LogP contribution in [0.1, 0.15) is 16.8 Å². The van der Waals surface area contributed by atoms with Crippen molar-refractivity contribution in [2.75, 3.05) is 12.4 Å². The maximum Gasteiger partial charge on any atom is 0.221 e. The molecule has 0 atom stereocenters. The van der Waals surface area contributed by atoms with E-state index in [4.69, 9.17) is 5.73 Å². The molecule has 2 rings (SSSR count). The van der Waals surface area contributed by atoms with Crippen LogP contribution < -0.4 is 5.73 Å². The Labute approximate surface area is 105 Å². The number of nitrogens with two attached hydrogens (primary N) is 1. The first-order valence-electron chi connectivity index (χ1n) is 5.70. The monoisotopic (exact) mass is 246 g/mol. The minimum Gasteiger partial charge on any atom is -0.368 e. The molecule has 0 bridgehead atoms. The number of aromatic nitrogens is 2. The number of benzene rings is 1. The van der Waals surface area contributed by atoms with Crippen LogP contribution in [-0.4, -0.2) is 22.5 Å². The Morgan fingerprint density at radius 3 is 2.89 bits per heavy atom. The van der Waals surface area contributed by atoms with E-state index in [-0.39, 0.29) is 6.67 Å². The van der Waals surface area contributed by atoms with E-state index in [9.17, 15) is 4.39 Å². The summed E-state index contributed by atoms with van der Waals surface area (Å²) in [5, 5.41) is 4.22. The van der Waals surface area contributed by atoms with Gasteiger partial charge in [-0.15, -0.1) is 0 Å². The zero-order valence-electron chi connectivity index (χ0n) is 10.2. The minimum atomic E-state index is -0.378. The minimum absolute atomic E-state index is 0.340. The SMILES string of the molecule is Cc1cn(N=Cc2ccccc2CCF)c(N)n1. The van der Waals surface area contributed by atoms with Crippen LogP contribution in [-0.2, 0) is 6.42 Å². The number of halogens is 1. The van der Waals surface area contributed by atoms with Crippen LogP contribution in [0.15, 0.2) is 35.6 Å². The standard InChI is InChI=1S/C13H15FN4/c1-10-9-18(13(15)17-10)16-8-12-5-3-2-4-11(12)6-7-14/h2-5,8-9H,6-7H2,1H3,(H2,15,17). The van der Waals surface area contributed by atoms with E-state index in [1.807, 2.05) is 31.2 Å². The Morgan fingerprint density at radius 1 is 1.44 bits per heavy atom. The quantitative estimate of drug-likeness (QED) is 0.840. The fourth-order valence-corrected chi connectivity index (χ4v) is 1.71. The number of anilines is 1. The van der Waals surface area contributed by atoms with Gasteiger partial charge in [0.1, 0.15) is 0 Å². The molecule has 4 nitrogen and oxygen atoms in total. The summed E-state index contributed by atoms with van der Waals surface area (Å²) in [5.74, 6) is 0.340. The normalized spacial score (nSPS) is 11.2. The highest BCUT2D eigenvalue weighted by molar-refractivity contribution is 5.81. The lowest BCUT2D eigenvalue weighted by Gasteiger charge is -2.02. The van der Waals surface area contributed by atoms with Gasteiger partial charge in [-0.2, -0.15) is 5.10 Å². The molecule has 18 heavy (non-hydrogen) atoms. The number of hydrogen-bond donors (Lipinski definition) is 1. The van der Waals surface area contributed by atoms with Crippen LogP contribution >= 0.6 is 0 Å². The van der Waals surface area contributed by atoms with Gasteiger partial charge in [-0.3, -0.25) is 4.39 Å². The van der Waals surface area contributed by atoms with Crippen molar-refractivity contribution in [2.24, 2.45) is 5.10 Å². The summed E-state index contributed by atoms with van der Waals surface area (Å²) >= 11 is 0. The highest BCUT2D eigenvalue weighted by Crippen LogP contribution is 2.09. The van der Waals surface area contributed by atoms with E-state index in [2.05, 4.69) is 10.1 Å². The van der Waals surface area contributed by atoms with Crippen LogP contribution in [0.3, 0.4) is 0 Å². The van der Waals surface area contributed by atoms with Crippen molar-refractivity contribution in [1.29, 1.82) is 0 Å². The molecule has 0 aliphatic rings. The van der Waals surface area contributed by atoms with Gasteiger partial charge in [0.25, 0.3) is 0 Å². The summed E-state index contributed by atoms with van der Waals surface area (Å²) in [6, 6.07) is 7.57. The molecule has 1 aromatic carbocycles. The van der Waals surface area contributed by atoms with Crippen molar-refractivity contribution in [1.82, 2.24) is 9.66 Å². The van der Waals surface area contributed by atoms with Gasteiger partial charge in [-0.1, -0.05) is 24.3 Å². The van der Waals surface area contributed by atoms with Crippen molar-refractivity contribution in [3.05, 3.63) is 47.3 Å². The second-order valence-corrected chi connectivity index (χ2v) is 3.97. The van der Waals surface area contributed by atoms with Crippen LogP contribution in [0, 0.1) is 6.92 Å². The molecular weight excluding hydrogens is 231 g/mol. The van der Waals surface area contributed by atoms with Crippen molar-refractivity contribution >= 4 is 12.2 Å². The number of aryl methyl sites for hydroxylation is 2. The van der Waals surface area contributed by atoms with Gasteiger partial charge in [0, 0.05) is 6.42 Å². The van der Waals surface area contributed by atoms with E-state index in [1.54, 1.807) is 12.4 Å². The number of alkyl halides is 1. The average molecular weight is 246 g/mol. The summed E-state index contributed by atoms with van der Waals surface area (Å²) in [6.45, 7) is 1.47. The lowest BCUT2D eigenvalue weighted by molar-refractivity contribution is 0.495. The Bertz CT molecular complexity index is 560. The first kappa shape index (κ1) is 12.3. The van der Waals surface area contributed by atoms with Crippen molar-refractivity contribution < 1.29 is 4.39 Å². The molecule has 94 valence electrons. The molecule has 0 radical (unpaired) electrons. The molecule has 2 N–H and O–H groups in total. The molecule has 2 aromatic rings.